The van der Waals surface area contributed by atoms with Gasteiger partial charge in [0.1, 0.15) is 0 Å². The Labute approximate surface area is 150 Å². The number of carbonyl (C=O) groups excluding carboxylic acids is 1. The minimum atomic E-state index is 0. The summed E-state index contributed by atoms with van der Waals surface area (Å²) < 4.78 is 0. The number of amides is 1. The number of thiophene rings is 1. The Hall–Kier alpha value is -1.07. The maximum atomic E-state index is 12.4. The summed E-state index contributed by atoms with van der Waals surface area (Å²) in [7, 11) is 0. The quantitative estimate of drug-likeness (QED) is 0.855. The van der Waals surface area contributed by atoms with Crippen molar-refractivity contribution in [3.05, 3.63) is 46.3 Å². The number of halogens is 2. The topological polar surface area (TPSA) is 41.1 Å². The van der Waals surface area contributed by atoms with E-state index in [2.05, 4.69) is 10.6 Å². The van der Waals surface area contributed by atoms with Crippen molar-refractivity contribution < 1.29 is 4.79 Å². The van der Waals surface area contributed by atoms with Crippen molar-refractivity contribution in [2.45, 2.75) is 37.4 Å². The lowest BCUT2D eigenvalue weighted by atomic mass is 9.95. The van der Waals surface area contributed by atoms with Gasteiger partial charge in [-0.05, 0) is 37.5 Å². The highest BCUT2D eigenvalue weighted by Crippen LogP contribution is 2.34. The van der Waals surface area contributed by atoms with Gasteiger partial charge in [-0.3, -0.25) is 4.79 Å². The monoisotopic (exact) mass is 368 g/mol. The van der Waals surface area contributed by atoms with Gasteiger partial charge in [0.2, 0.25) is 0 Å². The van der Waals surface area contributed by atoms with Crippen molar-refractivity contribution in [2.75, 3.05) is 0 Å². The predicted molar refractivity (Wildman–Crippen MR) is 97.8 cm³/mol. The van der Waals surface area contributed by atoms with Crippen LogP contribution in [0.3, 0.4) is 0 Å². The van der Waals surface area contributed by atoms with E-state index in [0.29, 0.717) is 17.1 Å². The lowest BCUT2D eigenvalue weighted by molar-refractivity contribution is 0.0935. The van der Waals surface area contributed by atoms with Crippen LogP contribution in [0.15, 0.2) is 36.4 Å². The van der Waals surface area contributed by atoms with Crippen LogP contribution >= 0.6 is 35.3 Å². The normalized spacial score (nSPS) is 25.2. The summed E-state index contributed by atoms with van der Waals surface area (Å²) in [5, 5.41) is 7.44. The van der Waals surface area contributed by atoms with Gasteiger partial charge in [-0.1, -0.05) is 29.8 Å². The Balaban J connectivity index is 0.00000156. The first kappa shape index (κ1) is 16.8. The molecule has 2 aromatic rings. The fourth-order valence-corrected chi connectivity index (χ4v) is 4.73. The zero-order valence-electron chi connectivity index (χ0n) is 12.4. The first-order valence-corrected chi connectivity index (χ1v) is 8.82. The van der Waals surface area contributed by atoms with E-state index < -0.39 is 0 Å². The summed E-state index contributed by atoms with van der Waals surface area (Å²) in [6.45, 7) is 0. The van der Waals surface area contributed by atoms with E-state index in [1.165, 1.54) is 24.2 Å². The summed E-state index contributed by atoms with van der Waals surface area (Å²) in [5.74, 6) is 0.0302. The zero-order chi connectivity index (χ0) is 15.1. The molecule has 4 rings (SSSR count). The van der Waals surface area contributed by atoms with Crippen LogP contribution in [0.25, 0.3) is 10.4 Å². The van der Waals surface area contributed by atoms with Crippen LogP contribution in [0.2, 0.25) is 5.02 Å². The molecule has 122 valence electrons. The lowest BCUT2D eigenvalue weighted by Gasteiger charge is -2.20. The highest BCUT2D eigenvalue weighted by atomic mass is 35.5. The first-order chi connectivity index (χ1) is 10.7. The molecule has 3 nitrogen and oxygen atoms in total. The number of hydrogen-bond acceptors (Lipinski definition) is 3. The molecular weight excluding hydrogens is 351 g/mol. The SMILES string of the molecule is Cl.O=C(N[C@@H]1CC2CCC1N2)c1ccc(-c2ccccc2Cl)s1. The van der Waals surface area contributed by atoms with Crippen LogP contribution in [-0.4, -0.2) is 24.0 Å². The fourth-order valence-electron chi connectivity index (χ4n) is 3.49. The molecule has 2 bridgehead atoms. The lowest BCUT2D eigenvalue weighted by Crippen LogP contribution is -2.42. The average molecular weight is 369 g/mol. The second-order valence-corrected chi connectivity index (χ2v) is 7.50. The Morgan fingerprint density at radius 2 is 2.04 bits per heavy atom. The largest absolute Gasteiger partial charge is 0.347 e. The van der Waals surface area contributed by atoms with Gasteiger partial charge in [0, 0.05) is 33.6 Å². The summed E-state index contributed by atoms with van der Waals surface area (Å²) in [5.41, 5.74) is 0.981. The summed E-state index contributed by atoms with van der Waals surface area (Å²) >= 11 is 7.72. The summed E-state index contributed by atoms with van der Waals surface area (Å²) in [4.78, 5) is 14.2. The van der Waals surface area contributed by atoms with Gasteiger partial charge in [0.15, 0.2) is 0 Å². The van der Waals surface area contributed by atoms with E-state index in [1.807, 2.05) is 36.4 Å². The molecule has 3 heterocycles. The standard InChI is InChI=1S/C17H17ClN2OS.ClH/c18-12-4-2-1-3-11(12)15-7-8-16(22-15)17(21)20-14-9-10-5-6-13(14)19-10;/h1-4,7-8,10,13-14,19H,5-6,9H2,(H,20,21);1H/t10?,13?,14-;/m1./s1. The maximum Gasteiger partial charge on any atom is 0.261 e. The van der Waals surface area contributed by atoms with Crippen LogP contribution in [-0.2, 0) is 0 Å². The number of nitrogens with one attached hydrogen (secondary N) is 2. The molecule has 0 aliphatic carbocycles. The van der Waals surface area contributed by atoms with Gasteiger partial charge in [-0.15, -0.1) is 23.7 Å². The van der Waals surface area contributed by atoms with Crippen molar-refractivity contribution in [1.29, 1.82) is 0 Å². The van der Waals surface area contributed by atoms with E-state index in [-0.39, 0.29) is 24.4 Å². The second kappa shape index (κ2) is 6.81. The van der Waals surface area contributed by atoms with E-state index in [4.69, 9.17) is 11.6 Å². The molecule has 6 heteroatoms. The number of hydrogen-bond donors (Lipinski definition) is 2. The van der Waals surface area contributed by atoms with Gasteiger partial charge < -0.3 is 10.6 Å². The minimum absolute atomic E-state index is 0. The highest BCUT2D eigenvalue weighted by Gasteiger charge is 2.39. The molecule has 3 atom stereocenters. The molecule has 1 aromatic heterocycles. The predicted octanol–water partition coefficient (Wildman–Crippen LogP) is 4.11. The van der Waals surface area contributed by atoms with Gasteiger partial charge in [-0.25, -0.2) is 0 Å². The highest BCUT2D eigenvalue weighted by molar-refractivity contribution is 7.17. The molecule has 0 radical (unpaired) electrons. The van der Waals surface area contributed by atoms with Crippen molar-refractivity contribution in [2.24, 2.45) is 0 Å². The molecule has 2 fully saturated rings. The van der Waals surface area contributed by atoms with Crippen molar-refractivity contribution >= 4 is 41.3 Å². The van der Waals surface area contributed by atoms with Gasteiger partial charge in [0.05, 0.1) is 4.88 Å². The van der Waals surface area contributed by atoms with Crippen LogP contribution < -0.4 is 10.6 Å². The smallest absolute Gasteiger partial charge is 0.261 e. The van der Waals surface area contributed by atoms with Crippen molar-refractivity contribution in [1.82, 2.24) is 10.6 Å². The first-order valence-electron chi connectivity index (χ1n) is 7.62. The Morgan fingerprint density at radius 3 is 2.74 bits per heavy atom. The molecule has 0 saturated carbocycles. The third-order valence-electron chi connectivity index (χ3n) is 4.59. The molecular formula is C17H18Cl2N2OS. The number of carbonyl (C=O) groups is 1. The summed E-state index contributed by atoms with van der Waals surface area (Å²) in [6.07, 6.45) is 3.47. The maximum absolute atomic E-state index is 12.4. The molecule has 2 saturated heterocycles. The Bertz CT molecular complexity index is 718. The minimum Gasteiger partial charge on any atom is -0.347 e. The molecule has 1 amide bonds. The van der Waals surface area contributed by atoms with E-state index in [9.17, 15) is 4.79 Å². The molecule has 2 aliphatic heterocycles. The van der Waals surface area contributed by atoms with Crippen LogP contribution in [0, 0.1) is 0 Å². The number of rotatable bonds is 3. The van der Waals surface area contributed by atoms with E-state index >= 15 is 0 Å². The Kier molecular flexibility index (Phi) is 4.97. The Morgan fingerprint density at radius 1 is 1.22 bits per heavy atom. The zero-order valence-corrected chi connectivity index (χ0v) is 14.8. The summed E-state index contributed by atoms with van der Waals surface area (Å²) in [6, 6.07) is 12.9. The van der Waals surface area contributed by atoms with Gasteiger partial charge in [-0.2, -0.15) is 0 Å². The van der Waals surface area contributed by atoms with Crippen LogP contribution in [0.5, 0.6) is 0 Å². The third kappa shape index (κ3) is 3.26. The molecule has 2 aliphatic rings. The van der Waals surface area contributed by atoms with Gasteiger partial charge in [0.25, 0.3) is 5.91 Å². The number of fused-ring (bicyclic) bond motifs is 2. The number of benzene rings is 1. The second-order valence-electron chi connectivity index (χ2n) is 6.01. The third-order valence-corrected chi connectivity index (χ3v) is 6.03. The molecule has 23 heavy (non-hydrogen) atoms. The molecule has 2 unspecified atom stereocenters. The fraction of sp³-hybridized carbons (Fsp3) is 0.353. The van der Waals surface area contributed by atoms with Crippen molar-refractivity contribution in [3.63, 3.8) is 0 Å². The van der Waals surface area contributed by atoms with E-state index in [0.717, 1.165) is 21.7 Å². The van der Waals surface area contributed by atoms with Crippen LogP contribution in [0.1, 0.15) is 28.9 Å². The molecule has 1 aromatic carbocycles. The molecule has 2 N–H and O–H groups in total. The van der Waals surface area contributed by atoms with E-state index in [1.54, 1.807) is 0 Å². The van der Waals surface area contributed by atoms with Crippen molar-refractivity contribution in [3.8, 4) is 10.4 Å². The van der Waals surface area contributed by atoms with Gasteiger partial charge >= 0.3 is 0 Å². The average Bonchev–Trinajstić information content (AvgIpc) is 3.24. The van der Waals surface area contributed by atoms with Crippen LogP contribution in [0.4, 0.5) is 0 Å². The molecule has 0 spiro atoms.